The molecule has 0 spiro atoms. The molecule has 0 atom stereocenters. The monoisotopic (exact) mass is 522 g/mol. The number of likely N-dealkylation sites (N-methyl/N-ethyl adjacent to an activating group) is 1. The molecule has 1 saturated heterocycles. The van der Waals surface area contributed by atoms with E-state index in [1.54, 1.807) is 30.3 Å². The Morgan fingerprint density at radius 1 is 0.946 bits per heavy atom. The third-order valence-electron chi connectivity index (χ3n) is 5.95. The van der Waals surface area contributed by atoms with E-state index in [-0.39, 0.29) is 18.9 Å². The van der Waals surface area contributed by atoms with E-state index >= 15 is 0 Å². The Morgan fingerprint density at radius 3 is 2.43 bits per heavy atom. The molecule has 1 aliphatic heterocycles. The molecule has 0 aliphatic carbocycles. The van der Waals surface area contributed by atoms with Gasteiger partial charge in [-0.3, -0.25) is 4.79 Å². The lowest BCUT2D eigenvalue weighted by molar-refractivity contribution is 0.104. The molecule has 2 aromatic carbocycles. The van der Waals surface area contributed by atoms with Crippen molar-refractivity contribution in [1.82, 2.24) is 24.2 Å². The lowest BCUT2D eigenvalue weighted by atomic mass is 10.1. The number of allylic oxidation sites excluding steroid dienone is 1. The Hall–Kier alpha value is -3.64. The zero-order valence-corrected chi connectivity index (χ0v) is 21.4. The number of aromatic nitrogens is 1. The average Bonchev–Trinajstić information content (AvgIpc) is 2.90. The van der Waals surface area contributed by atoms with Crippen LogP contribution in [0.15, 0.2) is 66.7 Å². The van der Waals surface area contributed by atoms with E-state index in [9.17, 15) is 18.0 Å². The molecule has 1 aromatic heterocycles. The summed E-state index contributed by atoms with van der Waals surface area (Å²) in [7, 11) is -1.61. The van der Waals surface area contributed by atoms with Gasteiger partial charge in [-0.15, -0.1) is 0 Å². The van der Waals surface area contributed by atoms with Crippen molar-refractivity contribution in [1.29, 1.82) is 0 Å². The van der Waals surface area contributed by atoms with Crippen molar-refractivity contribution in [2.45, 2.75) is 0 Å². The molecular formula is C26H30N6O4S. The van der Waals surface area contributed by atoms with Gasteiger partial charge in [0, 0.05) is 55.9 Å². The number of pyridine rings is 1. The third-order valence-corrected chi connectivity index (χ3v) is 7.56. The second-order valence-corrected chi connectivity index (χ2v) is 10.4. The Bertz CT molecular complexity index is 1380. The van der Waals surface area contributed by atoms with Crippen molar-refractivity contribution in [3.8, 4) is 0 Å². The minimum atomic E-state index is -3.57. The molecule has 1 aliphatic rings. The maximum atomic E-state index is 12.5. The van der Waals surface area contributed by atoms with Gasteiger partial charge in [0.25, 0.3) is 10.2 Å². The summed E-state index contributed by atoms with van der Waals surface area (Å²) in [4.78, 5) is 31.3. The fourth-order valence-electron chi connectivity index (χ4n) is 3.80. The molecule has 0 saturated carbocycles. The standard InChI is InChI=1S/C26H30N6O4S/c1-31-16-18-32(19-17-31)37(35,36)28-15-14-27-26(34)30-23-10-7-21(8-11-23)25(33)13-12-22-9-6-20-4-2-3-5-24(20)29-22/h2-13,28H,14-19H2,1H3,(H2,27,30,34). The molecule has 2 amide bonds. The Labute approximate surface area is 216 Å². The van der Waals surface area contributed by atoms with Gasteiger partial charge in [-0.1, -0.05) is 24.3 Å². The van der Waals surface area contributed by atoms with E-state index in [0.717, 1.165) is 10.9 Å². The number of nitrogens with zero attached hydrogens (tertiary/aromatic N) is 3. The molecule has 10 nitrogen and oxygen atoms in total. The number of hydrogen-bond donors (Lipinski definition) is 3. The van der Waals surface area contributed by atoms with Crippen molar-refractivity contribution in [2.75, 3.05) is 51.6 Å². The maximum Gasteiger partial charge on any atom is 0.319 e. The van der Waals surface area contributed by atoms with Crippen molar-refractivity contribution in [2.24, 2.45) is 0 Å². The lowest BCUT2D eigenvalue weighted by Crippen LogP contribution is -2.51. The van der Waals surface area contributed by atoms with Crippen molar-refractivity contribution in [3.63, 3.8) is 0 Å². The zero-order chi connectivity index (χ0) is 26.3. The molecule has 3 N–H and O–H groups in total. The maximum absolute atomic E-state index is 12.5. The van der Waals surface area contributed by atoms with Crippen LogP contribution in [0.3, 0.4) is 0 Å². The predicted octanol–water partition coefficient (Wildman–Crippen LogP) is 2.33. The van der Waals surface area contributed by atoms with Gasteiger partial charge in [0.15, 0.2) is 5.78 Å². The first-order chi connectivity index (χ1) is 17.8. The van der Waals surface area contributed by atoms with Crippen LogP contribution in [0.5, 0.6) is 0 Å². The number of hydrogen-bond acceptors (Lipinski definition) is 6. The number of carbonyl (C=O) groups is 2. The number of amides is 2. The van der Waals surface area contributed by atoms with E-state index in [4.69, 9.17) is 0 Å². The largest absolute Gasteiger partial charge is 0.337 e. The van der Waals surface area contributed by atoms with Crippen molar-refractivity contribution in [3.05, 3.63) is 78.0 Å². The number of rotatable bonds is 9. The van der Waals surface area contributed by atoms with Gasteiger partial charge in [0.1, 0.15) is 0 Å². The number of carbonyl (C=O) groups excluding carboxylic acids is 2. The molecule has 0 unspecified atom stereocenters. The number of fused-ring (bicyclic) bond motifs is 1. The second-order valence-electron chi connectivity index (χ2n) is 8.69. The second kappa shape index (κ2) is 12.1. The van der Waals surface area contributed by atoms with Crippen LogP contribution in [-0.4, -0.2) is 80.7 Å². The quantitative estimate of drug-likeness (QED) is 0.225. The minimum absolute atomic E-state index is 0.0773. The van der Waals surface area contributed by atoms with Crippen molar-refractivity contribution < 1.29 is 18.0 Å². The first-order valence-corrected chi connectivity index (χ1v) is 13.4. The third kappa shape index (κ3) is 7.43. The Balaban J connectivity index is 1.21. The van der Waals surface area contributed by atoms with Gasteiger partial charge in [0.2, 0.25) is 0 Å². The summed E-state index contributed by atoms with van der Waals surface area (Å²) in [5, 5.41) is 6.31. The highest BCUT2D eigenvalue weighted by Gasteiger charge is 2.24. The SMILES string of the molecule is CN1CCN(S(=O)(=O)NCCNC(=O)Nc2ccc(C(=O)C=Cc3ccc4ccccc4n3)cc2)CC1. The van der Waals surface area contributed by atoms with E-state index in [1.165, 1.54) is 10.4 Å². The van der Waals surface area contributed by atoms with Crippen LogP contribution >= 0.6 is 0 Å². The van der Waals surface area contributed by atoms with Gasteiger partial charge >= 0.3 is 6.03 Å². The first-order valence-electron chi connectivity index (χ1n) is 12.0. The highest BCUT2D eigenvalue weighted by Crippen LogP contribution is 2.14. The van der Waals surface area contributed by atoms with Gasteiger partial charge < -0.3 is 15.5 Å². The topological polar surface area (TPSA) is 124 Å². The summed E-state index contributed by atoms with van der Waals surface area (Å²) in [6.07, 6.45) is 3.14. The predicted molar refractivity (Wildman–Crippen MR) is 145 cm³/mol. The Morgan fingerprint density at radius 2 is 1.68 bits per heavy atom. The van der Waals surface area contributed by atoms with E-state index < -0.39 is 16.2 Å². The summed E-state index contributed by atoms with van der Waals surface area (Å²) in [6.45, 7) is 2.45. The summed E-state index contributed by atoms with van der Waals surface area (Å²) >= 11 is 0. The Kier molecular flexibility index (Phi) is 8.62. The van der Waals surface area contributed by atoms with Gasteiger partial charge in [-0.25, -0.2) is 14.5 Å². The fourth-order valence-corrected chi connectivity index (χ4v) is 4.99. The van der Waals surface area contributed by atoms with Crippen LogP contribution in [0.25, 0.3) is 17.0 Å². The summed E-state index contributed by atoms with van der Waals surface area (Å²) in [5.41, 5.74) is 2.53. The molecule has 2 heterocycles. The lowest BCUT2D eigenvalue weighted by Gasteiger charge is -2.31. The number of nitrogens with one attached hydrogen (secondary N) is 3. The fraction of sp³-hybridized carbons (Fsp3) is 0.269. The van der Waals surface area contributed by atoms with E-state index in [0.29, 0.717) is 43.1 Å². The van der Waals surface area contributed by atoms with Crippen LogP contribution in [-0.2, 0) is 10.2 Å². The van der Waals surface area contributed by atoms with Crippen LogP contribution in [0.4, 0.5) is 10.5 Å². The van der Waals surface area contributed by atoms with Gasteiger partial charge in [-0.2, -0.15) is 12.7 Å². The molecular weight excluding hydrogens is 492 g/mol. The molecule has 1 fully saturated rings. The smallest absolute Gasteiger partial charge is 0.319 e. The highest BCUT2D eigenvalue weighted by molar-refractivity contribution is 7.87. The summed E-state index contributed by atoms with van der Waals surface area (Å²) in [6, 6.07) is 17.6. The number of ketones is 1. The molecule has 11 heteroatoms. The van der Waals surface area contributed by atoms with Gasteiger partial charge in [-0.05, 0) is 55.6 Å². The number of anilines is 1. The molecule has 0 radical (unpaired) electrons. The molecule has 4 rings (SSSR count). The minimum Gasteiger partial charge on any atom is -0.337 e. The van der Waals surface area contributed by atoms with Crippen LogP contribution in [0.2, 0.25) is 0 Å². The summed E-state index contributed by atoms with van der Waals surface area (Å²) in [5.74, 6) is -0.182. The average molecular weight is 523 g/mol. The highest BCUT2D eigenvalue weighted by atomic mass is 32.2. The molecule has 37 heavy (non-hydrogen) atoms. The van der Waals surface area contributed by atoms with Crippen LogP contribution < -0.4 is 15.4 Å². The van der Waals surface area contributed by atoms with Crippen molar-refractivity contribution >= 4 is 44.7 Å². The van der Waals surface area contributed by atoms with Crippen LogP contribution in [0, 0.1) is 0 Å². The number of para-hydroxylation sites is 1. The molecule has 0 bridgehead atoms. The summed E-state index contributed by atoms with van der Waals surface area (Å²) < 4.78 is 28.6. The molecule has 194 valence electrons. The number of urea groups is 1. The van der Waals surface area contributed by atoms with Gasteiger partial charge in [0.05, 0.1) is 11.2 Å². The molecule has 3 aromatic rings. The normalized spacial score (nSPS) is 15.2. The van der Waals surface area contributed by atoms with Crippen LogP contribution in [0.1, 0.15) is 16.1 Å². The number of benzene rings is 2. The zero-order valence-electron chi connectivity index (χ0n) is 20.6. The van der Waals surface area contributed by atoms with E-state index in [2.05, 4.69) is 25.2 Å². The van der Waals surface area contributed by atoms with E-state index in [1.807, 2.05) is 43.4 Å². The number of piperazine rings is 1. The first kappa shape index (κ1) is 26.4.